The minimum atomic E-state index is -1.62. The Morgan fingerprint density at radius 1 is 1.00 bits per heavy atom. The molecule has 0 heterocycles. The van der Waals surface area contributed by atoms with E-state index in [2.05, 4.69) is 0 Å². The van der Waals surface area contributed by atoms with Gasteiger partial charge < -0.3 is 5.11 Å². The van der Waals surface area contributed by atoms with Gasteiger partial charge in [0.1, 0.15) is 0 Å². The molecule has 0 bridgehead atoms. The maximum Gasteiger partial charge on any atom is 0.176 e. The minimum absolute atomic E-state index is 0.158. The van der Waals surface area contributed by atoms with Crippen LogP contribution in [-0.2, 0) is 10.4 Å². The Hall–Kier alpha value is -2.52. The number of hydrogen-bond acceptors (Lipinski definition) is 3. The summed E-state index contributed by atoms with van der Waals surface area (Å²) < 4.78 is 0. The van der Waals surface area contributed by atoms with Crippen LogP contribution < -0.4 is 0 Å². The Kier molecular flexibility index (Phi) is 3.73. The van der Waals surface area contributed by atoms with Crippen LogP contribution in [0.4, 0.5) is 0 Å². The van der Waals surface area contributed by atoms with Crippen molar-refractivity contribution >= 4 is 17.6 Å². The van der Waals surface area contributed by atoms with Gasteiger partial charge in [-0.15, -0.1) is 0 Å². The molecule has 0 aromatic heterocycles. The van der Waals surface area contributed by atoms with E-state index < -0.39 is 11.4 Å². The number of Topliss-reactive ketones (excluding diaryl/α,β-unsaturated/α-hetero) is 2. The zero-order chi connectivity index (χ0) is 15.6. The van der Waals surface area contributed by atoms with Gasteiger partial charge in [0.05, 0.1) is 6.42 Å². The summed E-state index contributed by atoms with van der Waals surface area (Å²) in [6.45, 7) is 0. The van der Waals surface area contributed by atoms with Crippen LogP contribution in [0, 0.1) is 0 Å². The summed E-state index contributed by atoms with van der Waals surface area (Å²) >= 11 is 0. The average Bonchev–Trinajstić information content (AvgIpc) is 2.54. The number of ketones is 2. The Labute approximate surface area is 128 Å². The van der Waals surface area contributed by atoms with Gasteiger partial charge in [0.2, 0.25) is 0 Å². The maximum absolute atomic E-state index is 12.2. The highest BCUT2D eigenvalue weighted by Crippen LogP contribution is 2.35. The molecule has 3 heteroatoms. The first-order valence-electron chi connectivity index (χ1n) is 7.21. The highest BCUT2D eigenvalue weighted by atomic mass is 16.3. The van der Waals surface area contributed by atoms with Gasteiger partial charge in [0, 0.05) is 17.5 Å². The zero-order valence-corrected chi connectivity index (χ0v) is 12.0. The molecule has 1 unspecified atom stereocenters. The number of aliphatic hydroxyl groups is 1. The minimum Gasteiger partial charge on any atom is -0.377 e. The first-order valence-corrected chi connectivity index (χ1v) is 7.21. The summed E-state index contributed by atoms with van der Waals surface area (Å²) in [5.41, 5.74) is 0.237. The van der Waals surface area contributed by atoms with Crippen LogP contribution in [-0.4, -0.2) is 16.7 Å². The van der Waals surface area contributed by atoms with Crippen molar-refractivity contribution in [2.24, 2.45) is 0 Å². The largest absolute Gasteiger partial charge is 0.377 e. The molecule has 0 saturated heterocycles. The number of fused-ring (bicyclic) bond motifs is 1. The normalized spacial score (nSPS) is 21.1. The molecule has 1 N–H and O–H groups in total. The van der Waals surface area contributed by atoms with E-state index in [0.29, 0.717) is 11.1 Å². The van der Waals surface area contributed by atoms with E-state index in [1.54, 1.807) is 30.3 Å². The van der Waals surface area contributed by atoms with Crippen molar-refractivity contribution in [2.75, 3.05) is 0 Å². The van der Waals surface area contributed by atoms with E-state index >= 15 is 0 Å². The van der Waals surface area contributed by atoms with Gasteiger partial charge in [-0.05, 0) is 5.56 Å². The molecule has 0 fully saturated rings. The molecule has 3 nitrogen and oxygen atoms in total. The van der Waals surface area contributed by atoms with Crippen molar-refractivity contribution in [1.29, 1.82) is 0 Å². The summed E-state index contributed by atoms with van der Waals surface area (Å²) in [4.78, 5) is 24.2. The SMILES string of the molecule is O=C1CC(=O)C(O)(CC=Cc2ccccc2)c2ccccc21. The Morgan fingerprint density at radius 3 is 2.45 bits per heavy atom. The number of hydrogen-bond donors (Lipinski definition) is 1. The van der Waals surface area contributed by atoms with E-state index in [0.717, 1.165) is 5.56 Å². The Morgan fingerprint density at radius 2 is 1.68 bits per heavy atom. The molecule has 2 aromatic rings. The number of rotatable bonds is 3. The molecule has 0 spiro atoms. The predicted molar refractivity (Wildman–Crippen MR) is 84.4 cm³/mol. The van der Waals surface area contributed by atoms with Crippen LogP contribution in [0.15, 0.2) is 60.7 Å². The van der Waals surface area contributed by atoms with Gasteiger partial charge in [0.25, 0.3) is 0 Å². The van der Waals surface area contributed by atoms with Crippen molar-refractivity contribution in [3.63, 3.8) is 0 Å². The monoisotopic (exact) mass is 292 g/mol. The molecule has 1 aliphatic rings. The molecule has 3 rings (SSSR count). The number of benzene rings is 2. The Bertz CT molecular complexity index is 746. The molecule has 1 atom stereocenters. The molecule has 110 valence electrons. The van der Waals surface area contributed by atoms with Gasteiger partial charge in [-0.3, -0.25) is 9.59 Å². The topological polar surface area (TPSA) is 54.4 Å². The second-order valence-corrected chi connectivity index (χ2v) is 5.45. The summed E-state index contributed by atoms with van der Waals surface area (Å²) in [5.74, 6) is -0.661. The smallest absolute Gasteiger partial charge is 0.176 e. The van der Waals surface area contributed by atoms with Gasteiger partial charge in [-0.1, -0.05) is 66.7 Å². The van der Waals surface area contributed by atoms with Crippen molar-refractivity contribution in [3.8, 4) is 0 Å². The number of carbonyl (C=O) groups is 2. The van der Waals surface area contributed by atoms with Crippen molar-refractivity contribution < 1.29 is 14.7 Å². The lowest BCUT2D eigenvalue weighted by Crippen LogP contribution is -2.41. The van der Waals surface area contributed by atoms with E-state index in [1.165, 1.54) is 0 Å². The number of carbonyl (C=O) groups excluding carboxylic acids is 2. The molecular weight excluding hydrogens is 276 g/mol. The fourth-order valence-corrected chi connectivity index (χ4v) is 2.78. The van der Waals surface area contributed by atoms with Crippen molar-refractivity contribution in [3.05, 3.63) is 77.4 Å². The molecule has 0 amide bonds. The van der Waals surface area contributed by atoms with Crippen molar-refractivity contribution in [1.82, 2.24) is 0 Å². The van der Waals surface area contributed by atoms with Crippen LogP contribution in [0.5, 0.6) is 0 Å². The van der Waals surface area contributed by atoms with Gasteiger partial charge in [-0.2, -0.15) is 0 Å². The first-order chi connectivity index (χ1) is 10.6. The molecule has 1 aliphatic carbocycles. The third-order valence-corrected chi connectivity index (χ3v) is 3.98. The quantitative estimate of drug-likeness (QED) is 0.884. The van der Waals surface area contributed by atoms with E-state index in [1.807, 2.05) is 36.4 Å². The lowest BCUT2D eigenvalue weighted by molar-refractivity contribution is -0.137. The summed E-state index contributed by atoms with van der Waals surface area (Å²) in [6.07, 6.45) is 3.56. The Balaban J connectivity index is 1.91. The summed E-state index contributed by atoms with van der Waals surface area (Å²) in [5, 5.41) is 10.8. The van der Waals surface area contributed by atoms with Crippen LogP contribution in [0.3, 0.4) is 0 Å². The molecule has 0 aliphatic heterocycles. The van der Waals surface area contributed by atoms with Gasteiger partial charge in [0.15, 0.2) is 17.2 Å². The lowest BCUT2D eigenvalue weighted by atomic mass is 9.75. The van der Waals surface area contributed by atoms with Gasteiger partial charge >= 0.3 is 0 Å². The molecule has 0 radical (unpaired) electrons. The predicted octanol–water partition coefficient (Wildman–Crippen LogP) is 3.13. The maximum atomic E-state index is 12.2. The highest BCUT2D eigenvalue weighted by Gasteiger charge is 2.43. The molecule has 0 saturated carbocycles. The second-order valence-electron chi connectivity index (χ2n) is 5.45. The molecule has 2 aromatic carbocycles. The van der Waals surface area contributed by atoms with Crippen LogP contribution in [0.25, 0.3) is 6.08 Å². The first kappa shape index (κ1) is 14.4. The van der Waals surface area contributed by atoms with Crippen LogP contribution in [0.1, 0.15) is 34.3 Å². The van der Waals surface area contributed by atoms with E-state index in [4.69, 9.17) is 0 Å². The fourth-order valence-electron chi connectivity index (χ4n) is 2.78. The fraction of sp³-hybridized carbons (Fsp3) is 0.158. The summed E-state index contributed by atoms with van der Waals surface area (Å²) in [7, 11) is 0. The highest BCUT2D eigenvalue weighted by molar-refractivity contribution is 6.15. The third kappa shape index (κ3) is 2.51. The zero-order valence-electron chi connectivity index (χ0n) is 12.0. The lowest BCUT2D eigenvalue weighted by Gasteiger charge is -2.31. The standard InChI is InChI=1S/C19H16O3/c20-17-13-18(21)19(22,16-11-5-4-10-15(16)17)12-6-9-14-7-2-1-3-8-14/h1-11,22H,12-13H2. The second kappa shape index (κ2) is 5.70. The molecular formula is C19H16O3. The van der Waals surface area contributed by atoms with E-state index in [-0.39, 0.29) is 18.6 Å². The average molecular weight is 292 g/mol. The van der Waals surface area contributed by atoms with Gasteiger partial charge in [-0.25, -0.2) is 0 Å². The third-order valence-electron chi connectivity index (χ3n) is 3.98. The molecule has 22 heavy (non-hydrogen) atoms. The summed E-state index contributed by atoms with van der Waals surface area (Å²) in [6, 6.07) is 16.5. The van der Waals surface area contributed by atoms with Crippen LogP contribution in [0.2, 0.25) is 0 Å². The van der Waals surface area contributed by atoms with E-state index in [9.17, 15) is 14.7 Å². The van der Waals surface area contributed by atoms with Crippen LogP contribution >= 0.6 is 0 Å². The van der Waals surface area contributed by atoms with Crippen molar-refractivity contribution in [2.45, 2.75) is 18.4 Å².